The van der Waals surface area contributed by atoms with Crippen molar-refractivity contribution >= 4 is 12.1 Å². The SMILES string of the molecule is CON=Cc1ccc(C(=O)NCC(C)(O)c2ccccc2)cc1. The summed E-state index contributed by atoms with van der Waals surface area (Å²) in [6, 6.07) is 16.2. The highest BCUT2D eigenvalue weighted by Gasteiger charge is 2.23. The van der Waals surface area contributed by atoms with Gasteiger partial charge in [-0.1, -0.05) is 47.6 Å². The molecule has 5 nitrogen and oxygen atoms in total. The number of amides is 1. The van der Waals surface area contributed by atoms with Crippen LogP contribution in [0.3, 0.4) is 0 Å². The third kappa shape index (κ3) is 4.66. The van der Waals surface area contributed by atoms with Crippen molar-refractivity contribution in [2.45, 2.75) is 12.5 Å². The van der Waals surface area contributed by atoms with Gasteiger partial charge in [-0.05, 0) is 30.2 Å². The Labute approximate surface area is 135 Å². The minimum atomic E-state index is -1.12. The average molecular weight is 312 g/mol. The van der Waals surface area contributed by atoms with Crippen LogP contribution in [0.4, 0.5) is 0 Å². The highest BCUT2D eigenvalue weighted by atomic mass is 16.6. The molecule has 0 aliphatic carbocycles. The van der Waals surface area contributed by atoms with E-state index in [1.165, 1.54) is 7.11 Å². The number of benzene rings is 2. The van der Waals surface area contributed by atoms with Crippen molar-refractivity contribution in [1.29, 1.82) is 0 Å². The molecule has 2 N–H and O–H groups in total. The number of hydrogen-bond donors (Lipinski definition) is 2. The fraction of sp³-hybridized carbons (Fsp3) is 0.222. The Morgan fingerprint density at radius 1 is 1.22 bits per heavy atom. The average Bonchev–Trinajstić information content (AvgIpc) is 2.59. The number of nitrogens with one attached hydrogen (secondary N) is 1. The van der Waals surface area contributed by atoms with Gasteiger partial charge < -0.3 is 15.3 Å². The number of carbonyl (C=O) groups excluding carboxylic acids is 1. The van der Waals surface area contributed by atoms with Gasteiger partial charge in [0.25, 0.3) is 5.91 Å². The van der Waals surface area contributed by atoms with Crippen LogP contribution >= 0.6 is 0 Å². The van der Waals surface area contributed by atoms with Gasteiger partial charge in [-0.15, -0.1) is 0 Å². The van der Waals surface area contributed by atoms with Gasteiger partial charge in [0.05, 0.1) is 12.8 Å². The molecule has 2 rings (SSSR count). The van der Waals surface area contributed by atoms with Gasteiger partial charge in [0.15, 0.2) is 0 Å². The van der Waals surface area contributed by atoms with Crippen molar-refractivity contribution in [1.82, 2.24) is 5.32 Å². The highest BCUT2D eigenvalue weighted by Crippen LogP contribution is 2.19. The summed E-state index contributed by atoms with van der Waals surface area (Å²) in [6.07, 6.45) is 1.56. The van der Waals surface area contributed by atoms with E-state index in [1.54, 1.807) is 37.4 Å². The first-order valence-electron chi connectivity index (χ1n) is 7.25. The van der Waals surface area contributed by atoms with Gasteiger partial charge in [0.2, 0.25) is 0 Å². The maximum absolute atomic E-state index is 12.2. The molecular weight excluding hydrogens is 292 g/mol. The van der Waals surface area contributed by atoms with E-state index >= 15 is 0 Å². The lowest BCUT2D eigenvalue weighted by Gasteiger charge is -2.24. The number of aliphatic hydroxyl groups is 1. The van der Waals surface area contributed by atoms with E-state index in [1.807, 2.05) is 30.3 Å². The predicted molar refractivity (Wildman–Crippen MR) is 89.4 cm³/mol. The zero-order valence-corrected chi connectivity index (χ0v) is 13.2. The molecule has 2 aromatic rings. The van der Waals surface area contributed by atoms with Crippen LogP contribution in [0, 0.1) is 0 Å². The smallest absolute Gasteiger partial charge is 0.251 e. The Kier molecular flexibility index (Phi) is 5.49. The zero-order valence-electron chi connectivity index (χ0n) is 13.2. The van der Waals surface area contributed by atoms with E-state index in [0.717, 1.165) is 11.1 Å². The molecule has 0 aliphatic heterocycles. The molecule has 23 heavy (non-hydrogen) atoms. The van der Waals surface area contributed by atoms with Crippen LogP contribution in [-0.4, -0.2) is 30.9 Å². The van der Waals surface area contributed by atoms with Crippen LogP contribution in [0.1, 0.15) is 28.4 Å². The van der Waals surface area contributed by atoms with Gasteiger partial charge in [-0.2, -0.15) is 0 Å². The molecule has 0 saturated heterocycles. The molecule has 1 atom stereocenters. The van der Waals surface area contributed by atoms with Crippen LogP contribution in [0.2, 0.25) is 0 Å². The summed E-state index contributed by atoms with van der Waals surface area (Å²) in [4.78, 5) is 16.8. The first-order chi connectivity index (χ1) is 11.0. The molecule has 2 aromatic carbocycles. The molecule has 0 bridgehead atoms. The molecule has 120 valence electrons. The second kappa shape index (κ2) is 7.56. The molecular formula is C18H20N2O3. The number of nitrogens with zero attached hydrogens (tertiary/aromatic N) is 1. The van der Waals surface area contributed by atoms with Crippen molar-refractivity contribution in [3.63, 3.8) is 0 Å². The predicted octanol–water partition coefficient (Wildman–Crippen LogP) is 2.30. The largest absolute Gasteiger partial charge is 0.399 e. The molecule has 0 fully saturated rings. The molecule has 5 heteroatoms. The number of rotatable bonds is 6. The van der Waals surface area contributed by atoms with Gasteiger partial charge in [-0.3, -0.25) is 4.79 Å². The maximum Gasteiger partial charge on any atom is 0.251 e. The molecule has 0 spiro atoms. The van der Waals surface area contributed by atoms with Crippen molar-refractivity contribution < 1.29 is 14.7 Å². The van der Waals surface area contributed by atoms with Crippen LogP contribution in [0.15, 0.2) is 59.8 Å². The molecule has 0 aliphatic rings. The second-order valence-corrected chi connectivity index (χ2v) is 5.36. The third-order valence-corrected chi connectivity index (χ3v) is 3.47. The van der Waals surface area contributed by atoms with Crippen molar-refractivity contribution in [3.8, 4) is 0 Å². The quantitative estimate of drug-likeness (QED) is 0.635. The summed E-state index contributed by atoms with van der Waals surface area (Å²) >= 11 is 0. The number of hydrogen-bond acceptors (Lipinski definition) is 4. The molecule has 0 saturated carbocycles. The summed E-state index contributed by atoms with van der Waals surface area (Å²) in [6.45, 7) is 1.80. The summed E-state index contributed by atoms with van der Waals surface area (Å²) in [5.74, 6) is -0.239. The standard InChI is InChI=1S/C18H20N2O3/c1-18(22,16-6-4-3-5-7-16)13-19-17(21)15-10-8-14(9-11-15)12-20-23-2/h3-12,22H,13H2,1-2H3,(H,19,21). The lowest BCUT2D eigenvalue weighted by Crippen LogP contribution is -2.38. The summed E-state index contributed by atoms with van der Waals surface area (Å²) in [5.41, 5.74) is 0.983. The Morgan fingerprint density at radius 3 is 2.48 bits per heavy atom. The Hall–Kier alpha value is -2.66. The fourth-order valence-corrected chi connectivity index (χ4v) is 2.09. The summed E-state index contributed by atoms with van der Waals surface area (Å²) < 4.78 is 0. The number of oxime groups is 1. The van der Waals surface area contributed by atoms with E-state index in [0.29, 0.717) is 5.56 Å². The summed E-state index contributed by atoms with van der Waals surface area (Å²) in [5, 5.41) is 16.9. The Balaban J connectivity index is 1.98. The monoisotopic (exact) mass is 312 g/mol. The Bertz CT molecular complexity index is 664. The topological polar surface area (TPSA) is 70.9 Å². The maximum atomic E-state index is 12.2. The van der Waals surface area contributed by atoms with Crippen molar-refractivity contribution in [3.05, 3.63) is 71.3 Å². The van der Waals surface area contributed by atoms with Gasteiger partial charge in [0, 0.05) is 5.56 Å². The van der Waals surface area contributed by atoms with E-state index < -0.39 is 5.60 Å². The minimum absolute atomic E-state index is 0.128. The van der Waals surface area contributed by atoms with Crippen LogP contribution in [0.25, 0.3) is 0 Å². The molecule has 0 heterocycles. The molecule has 1 unspecified atom stereocenters. The van der Waals surface area contributed by atoms with E-state index in [-0.39, 0.29) is 12.5 Å². The third-order valence-electron chi connectivity index (χ3n) is 3.47. The van der Waals surface area contributed by atoms with Crippen molar-refractivity contribution in [2.75, 3.05) is 13.7 Å². The first kappa shape index (κ1) is 16.7. The number of carbonyl (C=O) groups is 1. The van der Waals surface area contributed by atoms with Gasteiger partial charge in [0.1, 0.15) is 12.7 Å². The summed E-state index contributed by atoms with van der Waals surface area (Å²) in [7, 11) is 1.47. The fourth-order valence-electron chi connectivity index (χ4n) is 2.09. The van der Waals surface area contributed by atoms with Gasteiger partial charge in [-0.25, -0.2) is 0 Å². The first-order valence-corrected chi connectivity index (χ1v) is 7.25. The lowest BCUT2D eigenvalue weighted by molar-refractivity contribution is 0.0526. The van der Waals surface area contributed by atoms with E-state index in [2.05, 4.69) is 15.3 Å². The van der Waals surface area contributed by atoms with Crippen LogP contribution < -0.4 is 5.32 Å². The normalized spacial score (nSPS) is 13.5. The lowest BCUT2D eigenvalue weighted by atomic mass is 9.96. The molecule has 0 radical (unpaired) electrons. The molecule has 0 aromatic heterocycles. The van der Waals surface area contributed by atoms with E-state index in [4.69, 9.17) is 0 Å². The van der Waals surface area contributed by atoms with Crippen LogP contribution in [0.5, 0.6) is 0 Å². The Morgan fingerprint density at radius 2 is 1.87 bits per heavy atom. The second-order valence-electron chi connectivity index (χ2n) is 5.36. The van der Waals surface area contributed by atoms with Crippen LogP contribution in [-0.2, 0) is 10.4 Å². The van der Waals surface area contributed by atoms with E-state index in [9.17, 15) is 9.90 Å². The zero-order chi connectivity index (χ0) is 16.7. The van der Waals surface area contributed by atoms with Crippen molar-refractivity contribution in [2.24, 2.45) is 5.16 Å². The molecule has 1 amide bonds. The van der Waals surface area contributed by atoms with Gasteiger partial charge >= 0.3 is 0 Å². The minimum Gasteiger partial charge on any atom is -0.399 e. The highest BCUT2D eigenvalue weighted by molar-refractivity contribution is 5.95.